The summed E-state index contributed by atoms with van der Waals surface area (Å²) in [6.07, 6.45) is 0. The van der Waals surface area contributed by atoms with E-state index >= 15 is 0 Å². The molecule has 0 bridgehead atoms. The molecule has 0 spiro atoms. The Balaban J connectivity index is 1.60. The molecule has 0 unspecified atom stereocenters. The van der Waals surface area contributed by atoms with Gasteiger partial charge in [0, 0.05) is 22.4 Å². The zero-order valence-electron chi connectivity index (χ0n) is 16.4. The molecule has 0 aromatic heterocycles. The Morgan fingerprint density at radius 2 is 1.07 bits per heavy atom. The highest BCUT2D eigenvalue weighted by atomic mass is 14.9. The Morgan fingerprint density at radius 1 is 0.536 bits per heavy atom. The fourth-order valence-electron chi connectivity index (χ4n) is 3.61. The molecule has 0 fully saturated rings. The molecule has 0 amide bonds. The lowest BCUT2D eigenvalue weighted by atomic mass is 9.78. The number of para-hydroxylation sites is 1. The molecule has 0 aliphatic heterocycles. The minimum absolute atomic E-state index is 0.0261. The van der Waals surface area contributed by atoms with Crippen LogP contribution in [0.4, 0.5) is 11.4 Å². The van der Waals surface area contributed by atoms with Gasteiger partial charge < -0.3 is 5.32 Å². The predicted octanol–water partition coefficient (Wildman–Crippen LogP) is 7.42. The molecule has 28 heavy (non-hydrogen) atoms. The first-order valence-electron chi connectivity index (χ1n) is 9.72. The van der Waals surface area contributed by atoms with Crippen LogP contribution in [0, 0.1) is 0 Å². The molecule has 4 aromatic rings. The maximum atomic E-state index is 3.59. The van der Waals surface area contributed by atoms with Gasteiger partial charge in [0.2, 0.25) is 0 Å². The molecule has 1 N–H and O–H groups in total. The third kappa shape index (κ3) is 3.70. The van der Waals surface area contributed by atoms with Crippen molar-refractivity contribution in [2.75, 3.05) is 5.32 Å². The normalized spacial score (nSPS) is 11.2. The van der Waals surface area contributed by atoms with E-state index < -0.39 is 0 Å². The van der Waals surface area contributed by atoms with Gasteiger partial charge in [-0.2, -0.15) is 0 Å². The minimum atomic E-state index is -0.0261. The van der Waals surface area contributed by atoms with E-state index in [1.165, 1.54) is 22.3 Å². The first kappa shape index (κ1) is 18.1. The third-order valence-electron chi connectivity index (χ3n) is 5.39. The molecular formula is C27H25N. The number of anilines is 2. The topological polar surface area (TPSA) is 12.0 Å². The van der Waals surface area contributed by atoms with Crippen molar-refractivity contribution in [3.63, 3.8) is 0 Å². The van der Waals surface area contributed by atoms with Crippen LogP contribution in [0.5, 0.6) is 0 Å². The van der Waals surface area contributed by atoms with Crippen LogP contribution in [0.2, 0.25) is 0 Å². The maximum Gasteiger partial charge on any atom is 0.0463 e. The molecule has 1 heteroatoms. The van der Waals surface area contributed by atoms with Gasteiger partial charge in [-0.25, -0.2) is 0 Å². The number of hydrogen-bond acceptors (Lipinski definition) is 1. The molecule has 4 rings (SSSR count). The van der Waals surface area contributed by atoms with Gasteiger partial charge >= 0.3 is 0 Å². The summed E-state index contributed by atoms with van der Waals surface area (Å²) in [5.74, 6) is 0. The van der Waals surface area contributed by atoms with Gasteiger partial charge in [-0.1, -0.05) is 105 Å². The molecule has 0 saturated heterocycles. The first-order chi connectivity index (χ1) is 13.6. The van der Waals surface area contributed by atoms with E-state index in [1.807, 2.05) is 6.07 Å². The second-order valence-electron chi connectivity index (χ2n) is 7.60. The third-order valence-corrected chi connectivity index (χ3v) is 5.39. The summed E-state index contributed by atoms with van der Waals surface area (Å²) in [5, 5.41) is 3.59. The molecule has 0 heterocycles. The Bertz CT molecular complexity index is 1030. The smallest absolute Gasteiger partial charge is 0.0463 e. The van der Waals surface area contributed by atoms with Gasteiger partial charge in [-0.3, -0.25) is 0 Å². The minimum Gasteiger partial charge on any atom is -0.355 e. The summed E-state index contributed by atoms with van der Waals surface area (Å²) >= 11 is 0. The van der Waals surface area contributed by atoms with E-state index in [2.05, 4.69) is 122 Å². The Kier molecular flexibility index (Phi) is 4.99. The fraction of sp³-hybridized carbons (Fsp3) is 0.111. The summed E-state index contributed by atoms with van der Waals surface area (Å²) in [6.45, 7) is 4.55. The Hall–Kier alpha value is -3.32. The van der Waals surface area contributed by atoms with Gasteiger partial charge in [0.05, 0.1) is 0 Å². The molecule has 0 aliphatic carbocycles. The van der Waals surface area contributed by atoms with E-state index in [4.69, 9.17) is 0 Å². The van der Waals surface area contributed by atoms with E-state index in [9.17, 15) is 0 Å². The van der Waals surface area contributed by atoms with Gasteiger partial charge in [0.1, 0.15) is 0 Å². The van der Waals surface area contributed by atoms with Crippen LogP contribution in [-0.4, -0.2) is 0 Å². The summed E-state index contributed by atoms with van der Waals surface area (Å²) < 4.78 is 0. The van der Waals surface area contributed by atoms with Crippen molar-refractivity contribution in [2.24, 2.45) is 0 Å². The average molecular weight is 364 g/mol. The standard InChI is InChI=1S/C27H25N/c1-27(2,22-13-7-4-8-14-22)23-17-19-24(20-18-23)28-26-16-10-9-15-25(26)21-11-5-3-6-12-21/h3-20,28H,1-2H3. The van der Waals surface area contributed by atoms with Gasteiger partial charge in [0.15, 0.2) is 0 Å². The van der Waals surface area contributed by atoms with Crippen molar-refractivity contribution >= 4 is 11.4 Å². The highest BCUT2D eigenvalue weighted by molar-refractivity contribution is 5.80. The van der Waals surface area contributed by atoms with Crippen LogP contribution in [0.3, 0.4) is 0 Å². The van der Waals surface area contributed by atoms with Gasteiger partial charge in [-0.05, 0) is 34.9 Å². The molecule has 1 nitrogen and oxygen atoms in total. The second-order valence-corrected chi connectivity index (χ2v) is 7.60. The average Bonchev–Trinajstić information content (AvgIpc) is 2.76. The van der Waals surface area contributed by atoms with E-state index in [1.54, 1.807) is 0 Å². The van der Waals surface area contributed by atoms with Crippen LogP contribution >= 0.6 is 0 Å². The summed E-state index contributed by atoms with van der Waals surface area (Å²) in [7, 11) is 0. The largest absolute Gasteiger partial charge is 0.355 e. The fourth-order valence-corrected chi connectivity index (χ4v) is 3.61. The molecule has 4 aromatic carbocycles. The van der Waals surface area contributed by atoms with Crippen molar-refractivity contribution in [3.8, 4) is 11.1 Å². The van der Waals surface area contributed by atoms with Crippen LogP contribution < -0.4 is 5.32 Å². The molecule has 0 aliphatic rings. The zero-order valence-corrected chi connectivity index (χ0v) is 16.4. The summed E-state index contributed by atoms with van der Waals surface area (Å²) in [5.41, 5.74) is 7.23. The van der Waals surface area contributed by atoms with Crippen molar-refractivity contribution < 1.29 is 0 Å². The van der Waals surface area contributed by atoms with Crippen LogP contribution in [-0.2, 0) is 5.41 Å². The molecule has 0 atom stereocenters. The summed E-state index contributed by atoms with van der Waals surface area (Å²) in [4.78, 5) is 0. The number of nitrogens with one attached hydrogen (secondary N) is 1. The lowest BCUT2D eigenvalue weighted by Gasteiger charge is -2.26. The summed E-state index contributed by atoms with van der Waals surface area (Å²) in [6, 6.07) is 38.4. The SMILES string of the molecule is CC(C)(c1ccccc1)c1ccc(Nc2ccccc2-c2ccccc2)cc1. The number of rotatable bonds is 5. The van der Waals surface area contributed by atoms with E-state index in [0.717, 1.165) is 11.4 Å². The highest BCUT2D eigenvalue weighted by Crippen LogP contribution is 2.33. The lowest BCUT2D eigenvalue weighted by molar-refractivity contribution is 0.641. The molecule has 138 valence electrons. The first-order valence-corrected chi connectivity index (χ1v) is 9.72. The second kappa shape index (κ2) is 7.74. The quantitative estimate of drug-likeness (QED) is 0.389. The molecule has 0 radical (unpaired) electrons. The van der Waals surface area contributed by atoms with Crippen molar-refractivity contribution in [2.45, 2.75) is 19.3 Å². The van der Waals surface area contributed by atoms with E-state index in [0.29, 0.717) is 0 Å². The van der Waals surface area contributed by atoms with Crippen molar-refractivity contribution in [1.82, 2.24) is 0 Å². The molecule has 0 saturated carbocycles. The lowest BCUT2D eigenvalue weighted by Crippen LogP contribution is -2.18. The number of benzene rings is 4. The van der Waals surface area contributed by atoms with Crippen molar-refractivity contribution in [1.29, 1.82) is 0 Å². The van der Waals surface area contributed by atoms with Crippen LogP contribution in [0.15, 0.2) is 109 Å². The van der Waals surface area contributed by atoms with Crippen LogP contribution in [0.25, 0.3) is 11.1 Å². The Labute approximate surface area is 167 Å². The van der Waals surface area contributed by atoms with Crippen molar-refractivity contribution in [3.05, 3.63) is 120 Å². The number of hydrogen-bond donors (Lipinski definition) is 1. The molecular weight excluding hydrogens is 338 g/mol. The van der Waals surface area contributed by atoms with E-state index in [-0.39, 0.29) is 5.41 Å². The maximum absolute atomic E-state index is 3.59. The van der Waals surface area contributed by atoms with Gasteiger partial charge in [0.25, 0.3) is 0 Å². The van der Waals surface area contributed by atoms with Gasteiger partial charge in [-0.15, -0.1) is 0 Å². The predicted molar refractivity (Wildman–Crippen MR) is 120 cm³/mol. The zero-order chi connectivity index (χ0) is 19.4. The van der Waals surface area contributed by atoms with Crippen LogP contribution in [0.1, 0.15) is 25.0 Å². The monoisotopic (exact) mass is 363 g/mol. The highest BCUT2D eigenvalue weighted by Gasteiger charge is 2.22. The Morgan fingerprint density at radius 3 is 1.75 bits per heavy atom.